The van der Waals surface area contributed by atoms with Gasteiger partial charge in [-0.2, -0.15) is 8.75 Å². The summed E-state index contributed by atoms with van der Waals surface area (Å²) in [4.78, 5) is 2.27. The van der Waals surface area contributed by atoms with Crippen molar-refractivity contribution in [1.82, 2.24) is 8.75 Å². The number of hydrogen-bond acceptors (Lipinski definition) is 5. The van der Waals surface area contributed by atoms with E-state index in [1.54, 1.807) is 22.7 Å². The molecule has 0 amide bonds. The minimum Gasteiger partial charge on any atom is -0.172 e. The molecule has 0 atom stereocenters. The van der Waals surface area contributed by atoms with Gasteiger partial charge in [-0.15, -0.1) is 22.7 Å². The third kappa shape index (κ3) is 3.19. The van der Waals surface area contributed by atoms with Gasteiger partial charge in [0.05, 0.1) is 19.3 Å². The first-order chi connectivity index (χ1) is 10.6. The second-order valence-electron chi connectivity index (χ2n) is 4.35. The van der Waals surface area contributed by atoms with Crippen molar-refractivity contribution in [3.8, 4) is 0 Å². The smallest absolute Gasteiger partial charge is 0.113 e. The maximum absolute atomic E-state index is 4.51. The van der Waals surface area contributed by atoms with Crippen molar-refractivity contribution in [2.45, 2.75) is 6.92 Å². The Kier molecular flexibility index (Phi) is 5.09. The summed E-state index contributed by atoms with van der Waals surface area (Å²) in [5.41, 5.74) is 3.76. The first-order valence-corrected chi connectivity index (χ1v) is 10.2. The molecule has 0 bridgehead atoms. The zero-order valence-electron chi connectivity index (χ0n) is 11.5. The van der Waals surface area contributed by atoms with Crippen LogP contribution < -0.4 is 0 Å². The highest BCUT2D eigenvalue weighted by Gasteiger charge is 2.19. The summed E-state index contributed by atoms with van der Waals surface area (Å²) in [6.45, 7) is 6.24. The molecule has 112 valence electrons. The molecule has 0 saturated heterocycles. The topological polar surface area (TPSA) is 25.8 Å². The number of halogens is 2. The lowest BCUT2D eigenvalue weighted by Gasteiger charge is -2.05. The van der Waals surface area contributed by atoms with E-state index in [4.69, 9.17) is 0 Å². The lowest BCUT2D eigenvalue weighted by atomic mass is 10.0. The van der Waals surface area contributed by atoms with E-state index in [0.29, 0.717) is 0 Å². The Morgan fingerprint density at radius 1 is 1.00 bits per heavy atom. The van der Waals surface area contributed by atoms with Gasteiger partial charge in [-0.1, -0.05) is 12.7 Å². The third-order valence-electron chi connectivity index (χ3n) is 3.03. The van der Waals surface area contributed by atoms with Gasteiger partial charge in [-0.25, -0.2) is 0 Å². The van der Waals surface area contributed by atoms with Crippen LogP contribution in [0.25, 0.3) is 11.1 Å². The van der Waals surface area contributed by atoms with Crippen LogP contribution >= 0.6 is 66.3 Å². The average Bonchev–Trinajstić information content (AvgIpc) is 3.21. The van der Waals surface area contributed by atoms with Crippen LogP contribution in [-0.4, -0.2) is 8.75 Å². The second kappa shape index (κ2) is 6.88. The van der Waals surface area contributed by atoms with Crippen molar-refractivity contribution in [3.63, 3.8) is 0 Å². The molecule has 0 aliphatic heterocycles. The van der Waals surface area contributed by atoms with E-state index in [2.05, 4.69) is 65.4 Å². The summed E-state index contributed by atoms with van der Waals surface area (Å²) < 4.78 is 11.2. The second-order valence-corrected chi connectivity index (χ2v) is 9.80. The van der Waals surface area contributed by atoms with E-state index in [1.807, 2.05) is 19.1 Å². The van der Waals surface area contributed by atoms with Crippen LogP contribution in [0.5, 0.6) is 0 Å². The van der Waals surface area contributed by atoms with Gasteiger partial charge in [0.25, 0.3) is 0 Å². The van der Waals surface area contributed by atoms with Crippen molar-refractivity contribution < 1.29 is 0 Å². The number of aromatic nitrogens is 2. The highest BCUT2D eigenvalue weighted by molar-refractivity contribution is 9.11. The lowest BCUT2D eigenvalue weighted by molar-refractivity contribution is 1.38. The number of nitrogens with zero attached hydrogens (tertiary/aromatic N) is 2. The Hall–Kier alpha value is -0.600. The van der Waals surface area contributed by atoms with Crippen LogP contribution in [0.2, 0.25) is 0 Å². The van der Waals surface area contributed by atoms with E-state index < -0.39 is 0 Å². The monoisotopic (exact) mass is 472 g/mol. The molecule has 0 aromatic carbocycles. The van der Waals surface area contributed by atoms with E-state index >= 15 is 0 Å². The summed E-state index contributed by atoms with van der Waals surface area (Å²) in [6, 6.07) is 8.22. The number of thiophene rings is 2. The summed E-state index contributed by atoms with van der Waals surface area (Å²) in [5, 5.41) is 0. The molecule has 7 heteroatoms. The molecule has 3 aromatic rings. The molecule has 0 fully saturated rings. The van der Waals surface area contributed by atoms with Crippen LogP contribution in [-0.2, 0) is 0 Å². The van der Waals surface area contributed by atoms with Crippen LogP contribution in [0.4, 0.5) is 0 Å². The maximum Gasteiger partial charge on any atom is 0.113 e. The maximum atomic E-state index is 4.51. The van der Waals surface area contributed by atoms with Gasteiger partial charge in [0.1, 0.15) is 11.4 Å². The highest BCUT2D eigenvalue weighted by Crippen LogP contribution is 2.37. The first-order valence-electron chi connectivity index (χ1n) is 6.30. The molecule has 0 N–H and O–H groups in total. The van der Waals surface area contributed by atoms with E-state index in [0.717, 1.165) is 35.0 Å². The quantitative estimate of drug-likeness (QED) is 0.421. The molecule has 22 heavy (non-hydrogen) atoms. The van der Waals surface area contributed by atoms with Crippen molar-refractivity contribution in [1.29, 1.82) is 0 Å². The predicted molar refractivity (Wildman–Crippen MR) is 105 cm³/mol. The number of allylic oxidation sites excluding steroid dienone is 1. The molecular weight excluding hydrogens is 464 g/mol. The molecule has 0 unspecified atom stereocenters. The van der Waals surface area contributed by atoms with Gasteiger partial charge in [0, 0.05) is 20.9 Å². The summed E-state index contributed by atoms with van der Waals surface area (Å²) in [6.07, 6.45) is 2.08. The minimum atomic E-state index is 0.858. The van der Waals surface area contributed by atoms with Gasteiger partial charge in [-0.3, -0.25) is 0 Å². The fraction of sp³-hybridized carbons (Fsp3) is 0.0667. The number of hydrogen-bond donors (Lipinski definition) is 0. The Bertz CT molecular complexity index is 858. The van der Waals surface area contributed by atoms with Crippen molar-refractivity contribution >= 4 is 77.4 Å². The van der Waals surface area contributed by atoms with Gasteiger partial charge in [-0.05, 0) is 63.0 Å². The molecule has 0 aliphatic rings. The zero-order valence-corrected chi connectivity index (χ0v) is 17.1. The van der Waals surface area contributed by atoms with Crippen LogP contribution in [0.3, 0.4) is 0 Å². The lowest BCUT2D eigenvalue weighted by Crippen LogP contribution is -1.93. The molecular formula is C15H10Br2N2S3. The van der Waals surface area contributed by atoms with Gasteiger partial charge >= 0.3 is 0 Å². The zero-order chi connectivity index (χ0) is 15.7. The molecule has 3 heterocycles. The molecule has 2 nitrogen and oxygen atoms in total. The predicted octanol–water partition coefficient (Wildman–Crippen LogP) is 6.70. The SMILES string of the molecule is C=C(c1ccc(Br)s1)c1nsnc1/C(=C\C)c1ccc(Br)s1. The highest BCUT2D eigenvalue weighted by atomic mass is 79.9. The molecule has 0 saturated carbocycles. The van der Waals surface area contributed by atoms with Crippen LogP contribution in [0.15, 0.2) is 44.5 Å². The summed E-state index contributed by atoms with van der Waals surface area (Å²) >= 11 is 11.6. The minimum absolute atomic E-state index is 0.858. The molecule has 0 aliphatic carbocycles. The Morgan fingerprint density at radius 3 is 2.14 bits per heavy atom. The average molecular weight is 474 g/mol. The fourth-order valence-corrected chi connectivity index (χ4v) is 5.42. The van der Waals surface area contributed by atoms with Gasteiger partial charge in [0.15, 0.2) is 0 Å². The Balaban J connectivity index is 2.03. The van der Waals surface area contributed by atoms with Crippen molar-refractivity contribution in [2.24, 2.45) is 0 Å². The van der Waals surface area contributed by atoms with Crippen molar-refractivity contribution in [3.05, 3.63) is 65.6 Å². The van der Waals surface area contributed by atoms with E-state index in [-0.39, 0.29) is 0 Å². The largest absolute Gasteiger partial charge is 0.172 e. The fourth-order valence-electron chi connectivity index (χ4n) is 2.01. The normalized spacial score (nSPS) is 11.9. The Morgan fingerprint density at radius 2 is 1.59 bits per heavy atom. The summed E-state index contributed by atoms with van der Waals surface area (Å²) in [7, 11) is 0. The molecule has 3 rings (SSSR count). The van der Waals surface area contributed by atoms with E-state index in [1.165, 1.54) is 16.6 Å². The number of rotatable bonds is 4. The van der Waals surface area contributed by atoms with E-state index in [9.17, 15) is 0 Å². The van der Waals surface area contributed by atoms with Crippen molar-refractivity contribution in [2.75, 3.05) is 0 Å². The van der Waals surface area contributed by atoms with Crippen LogP contribution in [0.1, 0.15) is 28.1 Å². The molecule has 3 aromatic heterocycles. The molecule has 0 radical (unpaired) electrons. The first kappa shape index (κ1) is 16.3. The standard InChI is InChI=1S/C15H10Br2N2S3/c1-3-9(11-5-7-13(17)21-11)15-14(18-22-19-15)8(2)10-4-6-12(16)20-10/h3-7H,2H2,1H3/b9-3-. The van der Waals surface area contributed by atoms with Gasteiger partial charge in [0.2, 0.25) is 0 Å². The summed E-state index contributed by atoms with van der Waals surface area (Å²) in [5.74, 6) is 0. The molecule has 0 spiro atoms. The third-order valence-corrected chi connectivity index (χ3v) is 6.90. The Labute approximate surface area is 157 Å². The van der Waals surface area contributed by atoms with Gasteiger partial charge < -0.3 is 0 Å². The van der Waals surface area contributed by atoms with Crippen LogP contribution in [0, 0.1) is 0 Å².